The lowest BCUT2D eigenvalue weighted by Crippen LogP contribution is -2.43. The predicted molar refractivity (Wildman–Crippen MR) is 59.8 cm³/mol. The quantitative estimate of drug-likeness (QED) is 0.791. The van der Waals surface area contributed by atoms with E-state index in [0.29, 0.717) is 0 Å². The summed E-state index contributed by atoms with van der Waals surface area (Å²) in [6, 6.07) is -1.14. The van der Waals surface area contributed by atoms with Gasteiger partial charge in [-0.05, 0) is 20.8 Å². The Morgan fingerprint density at radius 1 is 1.47 bits per heavy atom. The standard InChI is InChI=1S/C11H19NO5/c1-11(2,3)17-10(15)12-6-7(16-4)5-8(12)9(13)14/h7-8H,5-6H2,1-4H3,(H,13,14)/t7-,8+/m1/s1/i4D3. The van der Waals surface area contributed by atoms with Crippen molar-refractivity contribution in [3.63, 3.8) is 0 Å². The molecular weight excluding hydrogens is 226 g/mol. The van der Waals surface area contributed by atoms with Crippen LogP contribution in [0.1, 0.15) is 31.3 Å². The third-order valence-corrected chi connectivity index (χ3v) is 2.34. The van der Waals surface area contributed by atoms with E-state index in [2.05, 4.69) is 0 Å². The Morgan fingerprint density at radius 2 is 2.12 bits per heavy atom. The number of methoxy groups -OCH3 is 1. The Bertz CT molecular complexity index is 391. The van der Waals surface area contributed by atoms with Crippen LogP contribution in [-0.4, -0.2) is 53.4 Å². The van der Waals surface area contributed by atoms with E-state index in [-0.39, 0.29) is 13.0 Å². The Balaban J connectivity index is 2.78. The lowest BCUT2D eigenvalue weighted by atomic mass is 10.2. The van der Waals surface area contributed by atoms with E-state index < -0.39 is 36.8 Å². The van der Waals surface area contributed by atoms with Crippen LogP contribution in [0.2, 0.25) is 0 Å². The molecule has 1 saturated heterocycles. The average molecular weight is 248 g/mol. The van der Waals surface area contributed by atoms with Crippen molar-refractivity contribution in [2.75, 3.05) is 13.6 Å². The van der Waals surface area contributed by atoms with Gasteiger partial charge in [-0.2, -0.15) is 0 Å². The van der Waals surface area contributed by atoms with E-state index >= 15 is 0 Å². The SMILES string of the molecule is [2H]C([2H])([2H])O[C@@H]1C[C@@H](C(=O)O)N(C(=O)OC(C)(C)C)C1. The molecule has 2 atom stereocenters. The summed E-state index contributed by atoms with van der Waals surface area (Å²) in [5.74, 6) is -1.22. The highest BCUT2D eigenvalue weighted by molar-refractivity contribution is 5.81. The predicted octanol–water partition coefficient (Wildman–Crippen LogP) is 1.10. The summed E-state index contributed by atoms with van der Waals surface area (Å²) >= 11 is 0. The van der Waals surface area contributed by atoms with Crippen molar-refractivity contribution in [2.24, 2.45) is 0 Å². The van der Waals surface area contributed by atoms with Crippen LogP contribution in [0.5, 0.6) is 0 Å². The van der Waals surface area contributed by atoms with E-state index in [9.17, 15) is 9.59 Å². The molecule has 0 spiro atoms. The minimum atomic E-state index is -2.63. The fourth-order valence-electron chi connectivity index (χ4n) is 1.64. The molecule has 6 nitrogen and oxygen atoms in total. The maximum Gasteiger partial charge on any atom is 0.411 e. The molecule has 1 amide bonds. The molecule has 0 bridgehead atoms. The molecule has 1 rings (SSSR count). The molecule has 17 heavy (non-hydrogen) atoms. The van der Waals surface area contributed by atoms with Gasteiger partial charge in [0.1, 0.15) is 11.6 Å². The second-order valence-electron chi connectivity index (χ2n) is 4.96. The second kappa shape index (κ2) is 4.91. The fraction of sp³-hybridized carbons (Fsp3) is 0.818. The molecule has 0 aromatic carbocycles. The molecule has 0 aliphatic carbocycles. The first-order valence-electron chi connectivity index (χ1n) is 6.79. The van der Waals surface area contributed by atoms with Gasteiger partial charge in [0.2, 0.25) is 0 Å². The highest BCUT2D eigenvalue weighted by Crippen LogP contribution is 2.22. The number of nitrogens with zero attached hydrogens (tertiary/aromatic N) is 1. The van der Waals surface area contributed by atoms with Crippen LogP contribution < -0.4 is 0 Å². The Morgan fingerprint density at radius 3 is 2.59 bits per heavy atom. The molecule has 1 fully saturated rings. The zero-order valence-electron chi connectivity index (χ0n) is 13.1. The van der Waals surface area contributed by atoms with Gasteiger partial charge in [0.05, 0.1) is 16.8 Å². The number of hydrogen-bond donors (Lipinski definition) is 1. The van der Waals surface area contributed by atoms with E-state index in [1.54, 1.807) is 20.8 Å². The second-order valence-corrected chi connectivity index (χ2v) is 4.96. The Labute approximate surface area is 105 Å². The van der Waals surface area contributed by atoms with Crippen LogP contribution in [0.25, 0.3) is 0 Å². The number of hydrogen-bond acceptors (Lipinski definition) is 4. The number of aliphatic carboxylic acids is 1. The summed E-state index contributed by atoms with van der Waals surface area (Å²) < 4.78 is 30.9. The number of carbonyl (C=O) groups excluding carboxylic acids is 1. The van der Waals surface area contributed by atoms with Gasteiger partial charge in [-0.25, -0.2) is 9.59 Å². The average Bonchev–Trinajstić information content (AvgIpc) is 2.56. The van der Waals surface area contributed by atoms with Crippen LogP contribution in [0.4, 0.5) is 4.79 Å². The van der Waals surface area contributed by atoms with E-state index in [4.69, 9.17) is 18.7 Å². The third kappa shape index (κ3) is 3.59. The van der Waals surface area contributed by atoms with Crippen molar-refractivity contribution in [2.45, 2.75) is 44.9 Å². The first-order valence-corrected chi connectivity index (χ1v) is 5.29. The number of carbonyl (C=O) groups is 2. The maximum absolute atomic E-state index is 11.9. The Kier molecular flexibility index (Phi) is 2.80. The fourth-order valence-corrected chi connectivity index (χ4v) is 1.64. The largest absolute Gasteiger partial charge is 0.480 e. The van der Waals surface area contributed by atoms with Crippen molar-refractivity contribution < 1.29 is 28.3 Å². The monoisotopic (exact) mass is 248 g/mol. The molecule has 0 radical (unpaired) electrons. The molecule has 0 unspecified atom stereocenters. The van der Waals surface area contributed by atoms with Gasteiger partial charge in [-0.1, -0.05) is 0 Å². The van der Waals surface area contributed by atoms with Crippen molar-refractivity contribution in [3.05, 3.63) is 0 Å². The molecule has 6 heteroatoms. The molecule has 1 aliphatic rings. The van der Waals surface area contributed by atoms with E-state index in [1.807, 2.05) is 0 Å². The van der Waals surface area contributed by atoms with E-state index in [0.717, 1.165) is 4.90 Å². The minimum Gasteiger partial charge on any atom is -0.480 e. The van der Waals surface area contributed by atoms with Crippen molar-refractivity contribution in [1.29, 1.82) is 0 Å². The van der Waals surface area contributed by atoms with Gasteiger partial charge >= 0.3 is 12.1 Å². The minimum absolute atomic E-state index is 0.0764. The topological polar surface area (TPSA) is 76.1 Å². The zero-order valence-corrected chi connectivity index (χ0v) is 10.1. The first-order chi connectivity index (χ1) is 8.89. The number of ether oxygens (including phenoxy) is 2. The number of likely N-dealkylation sites (tertiary alicyclic amines) is 1. The van der Waals surface area contributed by atoms with E-state index in [1.165, 1.54) is 0 Å². The summed E-state index contributed by atoms with van der Waals surface area (Å²) in [5.41, 5.74) is -0.761. The van der Waals surface area contributed by atoms with Gasteiger partial charge in [-0.3, -0.25) is 4.90 Å². The summed E-state index contributed by atoms with van der Waals surface area (Å²) in [6.45, 7) is 4.86. The molecule has 0 aromatic heterocycles. The van der Waals surface area contributed by atoms with Crippen molar-refractivity contribution in [3.8, 4) is 0 Å². The Hall–Kier alpha value is -1.30. The van der Waals surface area contributed by atoms with Crippen LogP contribution in [0.3, 0.4) is 0 Å². The molecule has 1 heterocycles. The normalized spacial score (nSPS) is 28.2. The molecule has 0 aromatic rings. The molecule has 1 aliphatic heterocycles. The van der Waals surface area contributed by atoms with Gasteiger partial charge in [0, 0.05) is 13.5 Å². The zero-order chi connectivity index (χ0) is 15.7. The van der Waals surface area contributed by atoms with Gasteiger partial charge in [0.15, 0.2) is 0 Å². The lowest BCUT2D eigenvalue weighted by molar-refractivity contribution is -0.142. The molecule has 98 valence electrons. The summed E-state index contributed by atoms with van der Waals surface area (Å²) in [4.78, 5) is 24.1. The summed E-state index contributed by atoms with van der Waals surface area (Å²) in [7, 11) is -2.63. The highest BCUT2D eigenvalue weighted by Gasteiger charge is 2.41. The molecule has 0 saturated carbocycles. The lowest BCUT2D eigenvalue weighted by Gasteiger charge is -2.26. The van der Waals surface area contributed by atoms with Gasteiger partial charge in [-0.15, -0.1) is 0 Å². The van der Waals surface area contributed by atoms with Crippen LogP contribution in [0, 0.1) is 0 Å². The summed E-state index contributed by atoms with van der Waals surface area (Å²) in [6.07, 6.45) is -1.72. The summed E-state index contributed by atoms with van der Waals surface area (Å²) in [5, 5.41) is 9.10. The number of carboxylic acid groups (broad SMARTS) is 1. The third-order valence-electron chi connectivity index (χ3n) is 2.34. The molecule has 1 N–H and O–H groups in total. The highest BCUT2D eigenvalue weighted by atomic mass is 16.6. The smallest absolute Gasteiger partial charge is 0.411 e. The van der Waals surface area contributed by atoms with Crippen molar-refractivity contribution >= 4 is 12.1 Å². The van der Waals surface area contributed by atoms with Crippen molar-refractivity contribution in [1.82, 2.24) is 4.90 Å². The van der Waals surface area contributed by atoms with Crippen LogP contribution >= 0.6 is 0 Å². The maximum atomic E-state index is 11.9. The number of amides is 1. The number of carboxylic acids is 1. The van der Waals surface area contributed by atoms with Gasteiger partial charge < -0.3 is 14.6 Å². The van der Waals surface area contributed by atoms with Gasteiger partial charge in [0.25, 0.3) is 0 Å². The van der Waals surface area contributed by atoms with Crippen LogP contribution in [-0.2, 0) is 14.3 Å². The molecular formula is C11H19NO5. The first kappa shape index (κ1) is 9.70. The van der Waals surface area contributed by atoms with Crippen LogP contribution in [0.15, 0.2) is 0 Å². The number of rotatable bonds is 2.